The highest BCUT2D eigenvalue weighted by Crippen LogP contribution is 2.36. The van der Waals surface area contributed by atoms with E-state index >= 15 is 0 Å². The van der Waals surface area contributed by atoms with Gasteiger partial charge in [0, 0.05) is 33.6 Å². The zero-order chi connectivity index (χ0) is 16.0. The monoisotopic (exact) mass is 344 g/mol. The fourth-order valence-corrected chi connectivity index (χ4v) is 3.19. The number of aromatic amines is 1. The third kappa shape index (κ3) is 2.27. The van der Waals surface area contributed by atoms with Crippen LogP contribution in [0.15, 0.2) is 36.4 Å². The summed E-state index contributed by atoms with van der Waals surface area (Å²) in [6, 6.07) is 11.3. The molecule has 0 saturated carbocycles. The molecule has 2 aromatic heterocycles. The van der Waals surface area contributed by atoms with Gasteiger partial charge in [-0.05, 0) is 22.6 Å². The van der Waals surface area contributed by atoms with Gasteiger partial charge in [0.2, 0.25) is 0 Å². The number of hydrogen-bond acceptors (Lipinski definition) is 4. The van der Waals surface area contributed by atoms with Crippen LogP contribution in [0.4, 0.5) is 0 Å². The number of nitrogens with zero attached hydrogens (tertiary/aromatic N) is 5. The van der Waals surface area contributed by atoms with Crippen LogP contribution in [0.5, 0.6) is 0 Å². The molecule has 0 aliphatic heterocycles. The molecular formula is C15H10Cl2N6. The third-order valence-electron chi connectivity index (χ3n) is 3.66. The lowest BCUT2D eigenvalue weighted by Gasteiger charge is -2.06. The van der Waals surface area contributed by atoms with Crippen LogP contribution in [0.2, 0.25) is 10.0 Å². The number of fused-ring (bicyclic) bond motifs is 1. The first kappa shape index (κ1) is 14.2. The van der Waals surface area contributed by atoms with E-state index in [0.29, 0.717) is 15.9 Å². The van der Waals surface area contributed by atoms with Crippen molar-refractivity contribution < 1.29 is 0 Å². The molecule has 0 saturated heterocycles. The molecule has 0 fully saturated rings. The van der Waals surface area contributed by atoms with Crippen LogP contribution in [0.25, 0.3) is 33.5 Å². The van der Waals surface area contributed by atoms with Gasteiger partial charge in [0.15, 0.2) is 5.82 Å². The van der Waals surface area contributed by atoms with Crippen LogP contribution in [-0.4, -0.2) is 30.4 Å². The molecule has 0 spiro atoms. The van der Waals surface area contributed by atoms with Crippen molar-refractivity contribution >= 4 is 34.1 Å². The summed E-state index contributed by atoms with van der Waals surface area (Å²) in [6.45, 7) is 0. The molecule has 8 heteroatoms. The molecule has 114 valence electrons. The van der Waals surface area contributed by atoms with Crippen molar-refractivity contribution in [3.05, 3.63) is 46.4 Å². The largest absolute Gasteiger partial charge is 0.263 e. The lowest BCUT2D eigenvalue weighted by molar-refractivity contribution is 0.782. The molecule has 4 aromatic rings. The maximum Gasteiger partial charge on any atom is 0.198 e. The molecule has 23 heavy (non-hydrogen) atoms. The van der Waals surface area contributed by atoms with E-state index in [2.05, 4.69) is 25.7 Å². The maximum atomic E-state index is 6.35. The molecule has 4 rings (SSSR count). The number of aryl methyl sites for hydroxylation is 1. The molecule has 0 aliphatic rings. The first-order valence-electron chi connectivity index (χ1n) is 6.80. The van der Waals surface area contributed by atoms with Gasteiger partial charge in [-0.25, -0.2) is 5.10 Å². The minimum atomic E-state index is 0.564. The fourth-order valence-electron chi connectivity index (χ4n) is 2.68. The average molecular weight is 345 g/mol. The maximum absolute atomic E-state index is 6.35. The Bertz CT molecular complexity index is 1010. The van der Waals surface area contributed by atoms with Gasteiger partial charge in [-0.2, -0.15) is 5.10 Å². The normalized spacial score (nSPS) is 11.3. The second-order valence-corrected chi connectivity index (χ2v) is 5.89. The van der Waals surface area contributed by atoms with Gasteiger partial charge >= 0.3 is 0 Å². The van der Waals surface area contributed by atoms with Crippen LogP contribution in [0.1, 0.15) is 0 Å². The Balaban J connectivity index is 2.01. The molecule has 0 aliphatic carbocycles. The molecule has 6 nitrogen and oxygen atoms in total. The van der Waals surface area contributed by atoms with Gasteiger partial charge in [0.25, 0.3) is 0 Å². The lowest BCUT2D eigenvalue weighted by Crippen LogP contribution is -1.95. The van der Waals surface area contributed by atoms with E-state index in [9.17, 15) is 0 Å². The van der Waals surface area contributed by atoms with E-state index in [1.807, 2.05) is 37.4 Å². The Kier molecular flexibility index (Phi) is 3.28. The summed E-state index contributed by atoms with van der Waals surface area (Å²) < 4.78 is 1.75. The van der Waals surface area contributed by atoms with Crippen LogP contribution < -0.4 is 0 Å². The minimum Gasteiger partial charge on any atom is -0.263 e. The molecule has 0 atom stereocenters. The molecule has 0 amide bonds. The summed E-state index contributed by atoms with van der Waals surface area (Å²) in [5.74, 6) is 0.564. The summed E-state index contributed by atoms with van der Waals surface area (Å²) in [6.07, 6.45) is 0. The predicted octanol–water partition coefficient (Wildman–Crippen LogP) is 3.73. The van der Waals surface area contributed by atoms with Crippen molar-refractivity contribution in [2.45, 2.75) is 0 Å². The average Bonchev–Trinajstić information content (AvgIpc) is 3.13. The van der Waals surface area contributed by atoms with Gasteiger partial charge < -0.3 is 0 Å². The number of tetrazole rings is 1. The summed E-state index contributed by atoms with van der Waals surface area (Å²) in [5.41, 5.74) is 3.45. The van der Waals surface area contributed by atoms with E-state index in [1.54, 1.807) is 10.7 Å². The van der Waals surface area contributed by atoms with Gasteiger partial charge in [-0.3, -0.25) is 4.68 Å². The van der Waals surface area contributed by atoms with Crippen LogP contribution in [0.3, 0.4) is 0 Å². The molecule has 0 bridgehead atoms. The zero-order valence-corrected chi connectivity index (χ0v) is 13.5. The Morgan fingerprint density at radius 3 is 2.70 bits per heavy atom. The molecule has 2 aromatic carbocycles. The van der Waals surface area contributed by atoms with Crippen molar-refractivity contribution in [2.75, 3.05) is 0 Å². The number of H-pyrrole nitrogens is 1. The number of rotatable bonds is 2. The standard InChI is InChI=1S/C15H10Cl2N6/c1-23-14(15-18-21-22-19-15)11-4-2-3-10(13(11)20-23)9-6-5-8(16)7-12(9)17/h2-7H,1H3,(H,18,19,21,22). The van der Waals surface area contributed by atoms with E-state index in [4.69, 9.17) is 23.2 Å². The Morgan fingerprint density at radius 1 is 1.09 bits per heavy atom. The van der Waals surface area contributed by atoms with Gasteiger partial charge in [0.05, 0.1) is 0 Å². The number of benzene rings is 2. The van der Waals surface area contributed by atoms with E-state index < -0.39 is 0 Å². The summed E-state index contributed by atoms with van der Waals surface area (Å²) in [4.78, 5) is 0. The van der Waals surface area contributed by atoms with Crippen molar-refractivity contribution in [3.8, 4) is 22.6 Å². The summed E-state index contributed by atoms with van der Waals surface area (Å²) in [5, 5.41) is 20.8. The predicted molar refractivity (Wildman–Crippen MR) is 89.3 cm³/mol. The van der Waals surface area contributed by atoms with Crippen LogP contribution in [0, 0.1) is 0 Å². The second-order valence-electron chi connectivity index (χ2n) is 5.05. The van der Waals surface area contributed by atoms with Crippen molar-refractivity contribution in [1.82, 2.24) is 30.4 Å². The van der Waals surface area contributed by atoms with E-state index in [1.165, 1.54) is 0 Å². The molecule has 2 heterocycles. The minimum absolute atomic E-state index is 0.564. The highest BCUT2D eigenvalue weighted by Gasteiger charge is 2.18. The molecule has 1 N–H and O–H groups in total. The SMILES string of the molecule is Cn1nc2c(-c3ccc(Cl)cc3Cl)cccc2c1-c1nnn[nH]1. The first-order chi connectivity index (χ1) is 11.1. The first-order valence-corrected chi connectivity index (χ1v) is 7.56. The number of aromatic nitrogens is 6. The highest BCUT2D eigenvalue weighted by molar-refractivity contribution is 6.36. The topological polar surface area (TPSA) is 72.3 Å². The number of nitrogens with one attached hydrogen (secondary N) is 1. The Morgan fingerprint density at radius 2 is 1.96 bits per heavy atom. The van der Waals surface area contributed by atoms with Gasteiger partial charge in [-0.15, -0.1) is 5.10 Å². The fraction of sp³-hybridized carbons (Fsp3) is 0.0667. The Hall–Kier alpha value is -2.44. The third-order valence-corrected chi connectivity index (χ3v) is 4.20. The van der Waals surface area contributed by atoms with Gasteiger partial charge in [-0.1, -0.05) is 47.5 Å². The molecule has 0 unspecified atom stereocenters. The highest BCUT2D eigenvalue weighted by atomic mass is 35.5. The number of hydrogen-bond donors (Lipinski definition) is 1. The molecule has 0 radical (unpaired) electrons. The lowest BCUT2D eigenvalue weighted by atomic mass is 10.0. The zero-order valence-electron chi connectivity index (χ0n) is 12.0. The second kappa shape index (κ2) is 5.33. The quantitative estimate of drug-likeness (QED) is 0.601. The summed E-state index contributed by atoms with van der Waals surface area (Å²) in [7, 11) is 1.85. The van der Waals surface area contributed by atoms with Crippen LogP contribution in [-0.2, 0) is 7.05 Å². The van der Waals surface area contributed by atoms with Crippen LogP contribution >= 0.6 is 23.2 Å². The van der Waals surface area contributed by atoms with Crippen molar-refractivity contribution in [2.24, 2.45) is 7.05 Å². The smallest absolute Gasteiger partial charge is 0.198 e. The van der Waals surface area contributed by atoms with Crippen molar-refractivity contribution in [3.63, 3.8) is 0 Å². The Labute approximate surface area is 141 Å². The van der Waals surface area contributed by atoms with Crippen molar-refractivity contribution in [1.29, 1.82) is 0 Å². The van der Waals surface area contributed by atoms with E-state index in [-0.39, 0.29) is 0 Å². The van der Waals surface area contributed by atoms with E-state index in [0.717, 1.165) is 27.7 Å². The number of halogens is 2. The molecular weight excluding hydrogens is 335 g/mol. The summed E-state index contributed by atoms with van der Waals surface area (Å²) >= 11 is 12.3. The van der Waals surface area contributed by atoms with Gasteiger partial charge in [0.1, 0.15) is 11.2 Å².